The topological polar surface area (TPSA) is 84.7 Å². The van der Waals surface area contributed by atoms with Crippen molar-refractivity contribution in [3.05, 3.63) is 17.8 Å². The monoisotopic (exact) mass is 417 g/mol. The van der Waals surface area contributed by atoms with E-state index in [0.29, 0.717) is 24.2 Å². The number of nitrogens with zero attached hydrogens (tertiary/aromatic N) is 2. The molecule has 0 unspecified atom stereocenters. The predicted octanol–water partition coefficient (Wildman–Crippen LogP) is 3.98. The van der Waals surface area contributed by atoms with Gasteiger partial charge in [-0.05, 0) is 50.9 Å². The molecule has 0 atom stereocenters. The Labute approximate surface area is 178 Å². The van der Waals surface area contributed by atoms with Gasteiger partial charge in [-0.2, -0.15) is 0 Å². The Balaban J connectivity index is 1.24. The molecule has 1 aromatic heterocycles. The number of hydrogen-bond donors (Lipinski definition) is 1. The van der Waals surface area contributed by atoms with Crippen LogP contribution in [0.2, 0.25) is 0 Å². The van der Waals surface area contributed by atoms with E-state index in [9.17, 15) is 9.59 Å². The summed E-state index contributed by atoms with van der Waals surface area (Å²) in [6.07, 6.45) is 7.27. The molecule has 1 aliphatic heterocycles. The SMILES string of the molecule is COC(=O)NC1(C)CC(C(=O)N2CCC3(CC2)CC(c2cnc(C(C)(C)C)o2)C3)C1. The van der Waals surface area contributed by atoms with E-state index >= 15 is 0 Å². The number of rotatable bonds is 3. The Morgan fingerprint density at radius 3 is 2.37 bits per heavy atom. The van der Waals surface area contributed by atoms with E-state index in [1.807, 2.05) is 18.0 Å². The number of methoxy groups -OCH3 is 1. The second kappa shape index (κ2) is 7.27. The Bertz CT molecular complexity index is 803. The lowest BCUT2D eigenvalue weighted by Gasteiger charge is -2.53. The van der Waals surface area contributed by atoms with Crippen molar-refractivity contribution in [3.8, 4) is 0 Å². The van der Waals surface area contributed by atoms with E-state index in [1.165, 1.54) is 7.11 Å². The molecule has 2 saturated carbocycles. The van der Waals surface area contributed by atoms with Gasteiger partial charge >= 0.3 is 6.09 Å². The Morgan fingerprint density at radius 2 is 1.83 bits per heavy atom. The second-order valence-corrected chi connectivity index (χ2v) is 11.0. The van der Waals surface area contributed by atoms with Crippen LogP contribution in [-0.2, 0) is 14.9 Å². The summed E-state index contributed by atoms with van der Waals surface area (Å²) in [6, 6.07) is 0. The maximum Gasteiger partial charge on any atom is 0.407 e. The van der Waals surface area contributed by atoms with Crippen LogP contribution in [0.25, 0.3) is 0 Å². The molecular weight excluding hydrogens is 382 g/mol. The lowest BCUT2D eigenvalue weighted by Crippen LogP contribution is -2.59. The van der Waals surface area contributed by atoms with Crippen LogP contribution < -0.4 is 5.32 Å². The van der Waals surface area contributed by atoms with Crippen molar-refractivity contribution < 1.29 is 18.7 Å². The average Bonchev–Trinajstić information content (AvgIpc) is 3.13. The van der Waals surface area contributed by atoms with Crippen molar-refractivity contribution in [1.82, 2.24) is 15.2 Å². The summed E-state index contributed by atoms with van der Waals surface area (Å²) in [6.45, 7) is 10.0. The summed E-state index contributed by atoms with van der Waals surface area (Å²) in [7, 11) is 1.36. The Kier molecular flexibility index (Phi) is 5.14. The number of ether oxygens (including phenoxy) is 1. The lowest BCUT2D eigenvalue weighted by atomic mass is 9.57. The van der Waals surface area contributed by atoms with Gasteiger partial charge in [-0.3, -0.25) is 4.79 Å². The van der Waals surface area contributed by atoms with E-state index in [0.717, 1.165) is 50.4 Å². The smallest absolute Gasteiger partial charge is 0.407 e. The van der Waals surface area contributed by atoms with Crippen molar-refractivity contribution in [1.29, 1.82) is 0 Å². The molecule has 4 rings (SSSR count). The van der Waals surface area contributed by atoms with Gasteiger partial charge in [0, 0.05) is 35.9 Å². The first-order valence-electron chi connectivity index (χ1n) is 11.1. The molecule has 30 heavy (non-hydrogen) atoms. The van der Waals surface area contributed by atoms with Crippen LogP contribution >= 0.6 is 0 Å². The fourth-order valence-electron chi connectivity index (χ4n) is 5.48. The van der Waals surface area contributed by atoms with Gasteiger partial charge in [-0.25, -0.2) is 9.78 Å². The molecular formula is C23H35N3O4. The number of nitrogens with one attached hydrogen (secondary N) is 1. The van der Waals surface area contributed by atoms with Crippen LogP contribution in [0.3, 0.4) is 0 Å². The zero-order valence-corrected chi connectivity index (χ0v) is 18.9. The average molecular weight is 418 g/mol. The van der Waals surface area contributed by atoms with E-state index in [1.54, 1.807) is 0 Å². The number of carbonyl (C=O) groups is 2. The van der Waals surface area contributed by atoms with Crippen molar-refractivity contribution >= 4 is 12.0 Å². The molecule has 0 bridgehead atoms. The predicted molar refractivity (Wildman–Crippen MR) is 112 cm³/mol. The molecule has 7 heteroatoms. The van der Waals surface area contributed by atoms with E-state index in [-0.39, 0.29) is 22.8 Å². The van der Waals surface area contributed by atoms with Crippen molar-refractivity contribution in [2.75, 3.05) is 20.2 Å². The van der Waals surface area contributed by atoms with Crippen molar-refractivity contribution in [3.63, 3.8) is 0 Å². The number of aromatic nitrogens is 1. The number of hydrogen-bond acceptors (Lipinski definition) is 5. The van der Waals surface area contributed by atoms with E-state index in [2.05, 4.69) is 35.8 Å². The molecule has 1 aromatic rings. The third-order valence-electron chi connectivity index (χ3n) is 7.39. The summed E-state index contributed by atoms with van der Waals surface area (Å²) in [5.74, 6) is 2.56. The third kappa shape index (κ3) is 3.95. The van der Waals surface area contributed by atoms with Gasteiger partial charge in [0.05, 0.1) is 13.3 Å². The molecule has 0 radical (unpaired) electrons. The number of likely N-dealkylation sites (tertiary alicyclic amines) is 1. The van der Waals surface area contributed by atoms with Crippen LogP contribution in [-0.4, -0.2) is 47.6 Å². The number of oxazole rings is 1. The van der Waals surface area contributed by atoms with Crippen molar-refractivity contribution in [2.45, 2.75) is 83.1 Å². The molecule has 1 N–H and O–H groups in total. The minimum atomic E-state index is -0.427. The fourth-order valence-corrected chi connectivity index (χ4v) is 5.48. The van der Waals surface area contributed by atoms with E-state index < -0.39 is 6.09 Å². The maximum absolute atomic E-state index is 12.9. The quantitative estimate of drug-likeness (QED) is 0.804. The van der Waals surface area contributed by atoms with Gasteiger partial charge in [-0.15, -0.1) is 0 Å². The minimum absolute atomic E-state index is 0.0142. The highest BCUT2D eigenvalue weighted by Crippen LogP contribution is 2.57. The van der Waals surface area contributed by atoms with Gasteiger partial charge in [-0.1, -0.05) is 20.8 Å². The molecule has 3 fully saturated rings. The van der Waals surface area contributed by atoms with Gasteiger partial charge < -0.3 is 19.4 Å². The van der Waals surface area contributed by atoms with Crippen LogP contribution in [0.15, 0.2) is 10.6 Å². The maximum atomic E-state index is 12.9. The zero-order valence-electron chi connectivity index (χ0n) is 18.9. The Hall–Kier alpha value is -2.05. The van der Waals surface area contributed by atoms with Crippen LogP contribution in [0, 0.1) is 11.3 Å². The normalized spacial score (nSPS) is 28.6. The first kappa shape index (κ1) is 21.2. The first-order chi connectivity index (χ1) is 14.0. The number of amides is 2. The number of carbonyl (C=O) groups excluding carboxylic acids is 2. The standard InChI is InChI=1S/C23H35N3O4/c1-21(2,3)19-24-14-17(30-19)15-12-23(13-15)6-8-26(9-7-23)18(27)16-10-22(4,11-16)25-20(28)29-5/h14-16H,6-13H2,1-5H3,(H,25,28). The van der Waals surface area contributed by atoms with Crippen molar-refractivity contribution in [2.24, 2.45) is 11.3 Å². The summed E-state index contributed by atoms with van der Waals surface area (Å²) >= 11 is 0. The zero-order chi connectivity index (χ0) is 21.7. The van der Waals surface area contributed by atoms with Gasteiger partial charge in [0.15, 0.2) is 5.89 Å². The molecule has 2 heterocycles. The lowest BCUT2D eigenvalue weighted by molar-refractivity contribution is -0.144. The highest BCUT2D eigenvalue weighted by Gasteiger charge is 2.50. The molecule has 7 nitrogen and oxygen atoms in total. The number of alkyl carbamates (subject to hydrolysis) is 1. The number of piperidine rings is 1. The van der Waals surface area contributed by atoms with Crippen LogP contribution in [0.5, 0.6) is 0 Å². The molecule has 0 aromatic carbocycles. The first-order valence-corrected chi connectivity index (χ1v) is 11.1. The highest BCUT2D eigenvalue weighted by atomic mass is 16.5. The summed E-state index contributed by atoms with van der Waals surface area (Å²) in [5, 5.41) is 2.85. The highest BCUT2D eigenvalue weighted by molar-refractivity contribution is 5.81. The Morgan fingerprint density at radius 1 is 1.20 bits per heavy atom. The van der Waals surface area contributed by atoms with E-state index in [4.69, 9.17) is 4.42 Å². The van der Waals surface area contributed by atoms with Gasteiger partial charge in [0.25, 0.3) is 0 Å². The van der Waals surface area contributed by atoms with Gasteiger partial charge in [0.1, 0.15) is 5.76 Å². The minimum Gasteiger partial charge on any atom is -0.453 e. The third-order valence-corrected chi connectivity index (χ3v) is 7.39. The largest absolute Gasteiger partial charge is 0.453 e. The molecule has 2 aliphatic carbocycles. The molecule has 2 amide bonds. The second-order valence-electron chi connectivity index (χ2n) is 11.0. The summed E-state index contributed by atoms with van der Waals surface area (Å²) in [4.78, 5) is 30.8. The molecule has 3 aliphatic rings. The molecule has 1 spiro atoms. The molecule has 1 saturated heterocycles. The van der Waals surface area contributed by atoms with Gasteiger partial charge in [0.2, 0.25) is 5.91 Å². The fraction of sp³-hybridized carbons (Fsp3) is 0.783. The summed E-state index contributed by atoms with van der Waals surface area (Å²) < 4.78 is 10.7. The van der Waals surface area contributed by atoms with Crippen LogP contribution in [0.1, 0.15) is 83.8 Å². The summed E-state index contributed by atoms with van der Waals surface area (Å²) in [5.41, 5.74) is -0.0271. The molecule has 166 valence electrons. The van der Waals surface area contributed by atoms with Crippen LogP contribution in [0.4, 0.5) is 4.79 Å².